The van der Waals surface area contributed by atoms with Crippen LogP contribution < -0.4 is 0 Å². The van der Waals surface area contributed by atoms with Crippen LogP contribution in [0.5, 0.6) is 0 Å². The van der Waals surface area contributed by atoms with Crippen LogP contribution in [0.2, 0.25) is 0 Å². The third-order valence-corrected chi connectivity index (χ3v) is 2.76. The molecule has 0 N–H and O–H groups in total. The van der Waals surface area contributed by atoms with Gasteiger partial charge in [0.2, 0.25) is 0 Å². The normalized spacial score (nSPS) is 10.4. The maximum absolute atomic E-state index is 4.27. The maximum Gasteiger partial charge on any atom is 0.198 e. The zero-order chi connectivity index (χ0) is 11.5. The molecular weight excluding hydrogens is 234 g/mol. The molecule has 0 unspecified atom stereocenters. The SMILES string of the molecule is [c]1ncc(-c2ccsn2)c(-c2cccnn2)n1. The lowest BCUT2D eigenvalue weighted by atomic mass is 10.1. The van der Waals surface area contributed by atoms with Gasteiger partial charge in [-0.2, -0.15) is 9.47 Å². The fraction of sp³-hybridized carbons (Fsp3) is 0. The van der Waals surface area contributed by atoms with E-state index in [0.29, 0.717) is 11.4 Å². The van der Waals surface area contributed by atoms with Gasteiger partial charge in [-0.15, -0.1) is 5.10 Å². The standard InChI is InChI=1S/C11H6N5S/c1-2-10(15-14-4-1)11-8(6-12-7-13-11)9-3-5-17-16-9/h1-6H. The second-order valence-corrected chi connectivity index (χ2v) is 3.89. The van der Waals surface area contributed by atoms with E-state index >= 15 is 0 Å². The fourth-order valence-electron chi connectivity index (χ4n) is 1.46. The van der Waals surface area contributed by atoms with Crippen molar-refractivity contribution in [2.24, 2.45) is 0 Å². The van der Waals surface area contributed by atoms with Crippen molar-refractivity contribution >= 4 is 11.5 Å². The molecular formula is C11H6N5S. The van der Waals surface area contributed by atoms with Gasteiger partial charge in [-0.3, -0.25) is 0 Å². The average Bonchev–Trinajstić information content (AvgIpc) is 2.94. The van der Waals surface area contributed by atoms with Crippen LogP contribution in [-0.4, -0.2) is 24.5 Å². The second kappa shape index (κ2) is 4.34. The molecule has 0 saturated carbocycles. The summed E-state index contributed by atoms with van der Waals surface area (Å²) in [6.07, 6.45) is 5.88. The Morgan fingerprint density at radius 1 is 1.18 bits per heavy atom. The lowest BCUT2D eigenvalue weighted by Gasteiger charge is -2.03. The monoisotopic (exact) mass is 240 g/mol. The van der Waals surface area contributed by atoms with Gasteiger partial charge in [0.15, 0.2) is 6.33 Å². The molecule has 3 rings (SSSR count). The van der Waals surface area contributed by atoms with E-state index in [4.69, 9.17) is 0 Å². The fourth-order valence-corrected chi connectivity index (χ4v) is 1.98. The number of nitrogens with zero attached hydrogens (tertiary/aromatic N) is 5. The van der Waals surface area contributed by atoms with Gasteiger partial charge >= 0.3 is 0 Å². The molecule has 17 heavy (non-hydrogen) atoms. The highest BCUT2D eigenvalue weighted by atomic mass is 32.1. The van der Waals surface area contributed by atoms with Gasteiger partial charge in [0.05, 0.1) is 5.69 Å². The molecule has 0 saturated heterocycles. The molecule has 3 heterocycles. The summed E-state index contributed by atoms with van der Waals surface area (Å²) in [5.74, 6) is 0. The summed E-state index contributed by atoms with van der Waals surface area (Å²) < 4.78 is 4.27. The lowest BCUT2D eigenvalue weighted by Crippen LogP contribution is -1.94. The van der Waals surface area contributed by atoms with Crippen molar-refractivity contribution in [2.75, 3.05) is 0 Å². The molecule has 0 aliphatic carbocycles. The molecule has 0 bridgehead atoms. The Kier molecular flexibility index (Phi) is 2.55. The number of hydrogen-bond donors (Lipinski definition) is 0. The Morgan fingerprint density at radius 3 is 2.94 bits per heavy atom. The Balaban J connectivity index is 2.18. The Bertz CT molecular complexity index is 609. The zero-order valence-corrected chi connectivity index (χ0v) is 9.42. The third-order valence-electron chi connectivity index (χ3n) is 2.20. The van der Waals surface area contributed by atoms with E-state index in [1.165, 1.54) is 11.5 Å². The van der Waals surface area contributed by atoms with E-state index in [2.05, 4.69) is 30.9 Å². The van der Waals surface area contributed by atoms with Crippen molar-refractivity contribution in [3.05, 3.63) is 42.3 Å². The highest BCUT2D eigenvalue weighted by molar-refractivity contribution is 7.03. The molecule has 81 valence electrons. The molecule has 0 aliphatic rings. The van der Waals surface area contributed by atoms with Crippen LogP contribution in [0.15, 0.2) is 36.0 Å². The molecule has 0 aromatic carbocycles. The van der Waals surface area contributed by atoms with Crippen LogP contribution in [0, 0.1) is 6.33 Å². The second-order valence-electron chi connectivity index (χ2n) is 3.23. The Hall–Kier alpha value is -2.21. The quantitative estimate of drug-likeness (QED) is 0.684. The Labute approximate surface area is 101 Å². The highest BCUT2D eigenvalue weighted by Gasteiger charge is 2.11. The molecule has 0 atom stereocenters. The largest absolute Gasteiger partial charge is 0.233 e. The van der Waals surface area contributed by atoms with Crippen molar-refractivity contribution in [3.8, 4) is 22.6 Å². The summed E-state index contributed by atoms with van der Waals surface area (Å²) in [6, 6.07) is 5.58. The molecule has 0 aliphatic heterocycles. The topological polar surface area (TPSA) is 64.5 Å². The number of hydrogen-bond acceptors (Lipinski definition) is 6. The van der Waals surface area contributed by atoms with Crippen LogP contribution in [0.1, 0.15) is 0 Å². The number of aromatic nitrogens is 5. The summed E-state index contributed by atoms with van der Waals surface area (Å²) >= 11 is 1.39. The van der Waals surface area contributed by atoms with Gasteiger partial charge in [0.25, 0.3) is 0 Å². The van der Waals surface area contributed by atoms with Crippen LogP contribution in [-0.2, 0) is 0 Å². The first-order valence-electron chi connectivity index (χ1n) is 4.87. The molecule has 0 fully saturated rings. The zero-order valence-electron chi connectivity index (χ0n) is 8.61. The summed E-state index contributed by atoms with van der Waals surface area (Å²) in [5.41, 5.74) is 3.06. The van der Waals surface area contributed by atoms with E-state index in [1.54, 1.807) is 12.4 Å². The Morgan fingerprint density at radius 2 is 2.18 bits per heavy atom. The predicted octanol–water partition coefficient (Wildman–Crippen LogP) is 1.86. The van der Waals surface area contributed by atoms with Crippen LogP contribution in [0.3, 0.4) is 0 Å². The summed E-state index contributed by atoms with van der Waals surface area (Å²) in [6.45, 7) is 0. The molecule has 6 heteroatoms. The first-order valence-corrected chi connectivity index (χ1v) is 5.71. The van der Waals surface area contributed by atoms with Crippen molar-refractivity contribution in [1.82, 2.24) is 24.5 Å². The van der Waals surface area contributed by atoms with E-state index in [-0.39, 0.29) is 0 Å². The average molecular weight is 240 g/mol. The lowest BCUT2D eigenvalue weighted by molar-refractivity contribution is 1.02. The third kappa shape index (κ3) is 1.90. The van der Waals surface area contributed by atoms with Crippen molar-refractivity contribution in [2.45, 2.75) is 0 Å². The first kappa shape index (κ1) is 9.98. The van der Waals surface area contributed by atoms with E-state index in [1.807, 2.05) is 23.6 Å². The van der Waals surface area contributed by atoms with Crippen LogP contribution in [0.4, 0.5) is 0 Å². The van der Waals surface area contributed by atoms with Crippen LogP contribution in [0.25, 0.3) is 22.6 Å². The van der Waals surface area contributed by atoms with Gasteiger partial charge in [-0.25, -0.2) is 9.97 Å². The summed E-state index contributed by atoms with van der Waals surface area (Å²) in [7, 11) is 0. The van der Waals surface area contributed by atoms with Gasteiger partial charge in [-0.05, 0) is 29.7 Å². The molecule has 5 nitrogen and oxygen atoms in total. The van der Waals surface area contributed by atoms with Gasteiger partial charge in [-0.1, -0.05) is 0 Å². The van der Waals surface area contributed by atoms with Gasteiger partial charge in [0.1, 0.15) is 11.4 Å². The molecule has 0 spiro atoms. The first-order chi connectivity index (χ1) is 8.45. The van der Waals surface area contributed by atoms with Crippen molar-refractivity contribution in [1.29, 1.82) is 0 Å². The minimum atomic E-state index is 0.689. The summed E-state index contributed by atoms with van der Waals surface area (Å²) in [4.78, 5) is 8.04. The predicted molar refractivity (Wildman–Crippen MR) is 63.0 cm³/mol. The molecule has 0 amide bonds. The van der Waals surface area contributed by atoms with Gasteiger partial charge in [0, 0.05) is 23.3 Å². The van der Waals surface area contributed by atoms with E-state index < -0.39 is 0 Å². The molecule has 1 radical (unpaired) electrons. The summed E-state index contributed by atoms with van der Waals surface area (Å²) in [5, 5.41) is 9.79. The van der Waals surface area contributed by atoms with E-state index in [0.717, 1.165) is 11.3 Å². The highest BCUT2D eigenvalue weighted by Crippen LogP contribution is 2.26. The number of rotatable bonds is 2. The van der Waals surface area contributed by atoms with Crippen molar-refractivity contribution < 1.29 is 0 Å². The van der Waals surface area contributed by atoms with Crippen molar-refractivity contribution in [3.63, 3.8) is 0 Å². The minimum Gasteiger partial charge on any atom is -0.233 e. The van der Waals surface area contributed by atoms with E-state index in [9.17, 15) is 0 Å². The van der Waals surface area contributed by atoms with Crippen LogP contribution >= 0.6 is 11.5 Å². The smallest absolute Gasteiger partial charge is 0.198 e. The van der Waals surface area contributed by atoms with Gasteiger partial charge < -0.3 is 0 Å². The maximum atomic E-state index is 4.27. The minimum absolute atomic E-state index is 0.689. The molecule has 3 aromatic rings. The molecule has 3 aromatic heterocycles.